The third-order valence-electron chi connectivity index (χ3n) is 4.10. The molecule has 3 heteroatoms. The van der Waals surface area contributed by atoms with Crippen molar-refractivity contribution in [2.45, 2.75) is 23.7 Å². The Hall–Kier alpha value is -1.74. The molecule has 0 spiro atoms. The van der Waals surface area contributed by atoms with E-state index in [-0.39, 0.29) is 5.91 Å². The highest BCUT2D eigenvalue weighted by Gasteiger charge is 2.26. The third-order valence-corrected chi connectivity index (χ3v) is 4.40. The summed E-state index contributed by atoms with van der Waals surface area (Å²) in [4.78, 5) is 15.3. The van der Waals surface area contributed by atoms with Crippen LogP contribution in [0.4, 0.5) is 0 Å². The van der Waals surface area contributed by atoms with Gasteiger partial charge in [0.25, 0.3) is 0 Å². The molecule has 0 aromatic heterocycles. The monoisotopic (exact) mass is 297 g/mol. The number of rotatable bonds is 3. The minimum absolute atomic E-state index is 0.223. The first-order valence-corrected chi connectivity index (χ1v) is 7.78. The summed E-state index contributed by atoms with van der Waals surface area (Å²) in [5, 5.41) is 0. The fraction of sp³-hybridized carbons (Fsp3) is 0.278. The first-order chi connectivity index (χ1) is 10.2. The molecule has 0 bridgehead atoms. The maximum absolute atomic E-state index is 12.4. The lowest BCUT2D eigenvalue weighted by molar-refractivity contribution is -0.129. The SMILES string of the molecule is O=C(Cc1ccc(S)cc1)N1CCC(c2ccccc2)C1. The molecule has 2 aromatic carbocycles. The van der Waals surface area contributed by atoms with Gasteiger partial charge < -0.3 is 4.90 Å². The fourth-order valence-corrected chi connectivity index (χ4v) is 3.03. The van der Waals surface area contributed by atoms with E-state index in [1.165, 1.54) is 5.56 Å². The molecule has 2 aromatic rings. The van der Waals surface area contributed by atoms with Crippen LogP contribution in [-0.4, -0.2) is 23.9 Å². The number of carbonyl (C=O) groups is 1. The van der Waals surface area contributed by atoms with Crippen LogP contribution < -0.4 is 0 Å². The Labute approximate surface area is 131 Å². The van der Waals surface area contributed by atoms with Crippen molar-refractivity contribution < 1.29 is 4.79 Å². The van der Waals surface area contributed by atoms with E-state index in [1.807, 2.05) is 35.2 Å². The summed E-state index contributed by atoms with van der Waals surface area (Å²) < 4.78 is 0. The highest BCUT2D eigenvalue weighted by Crippen LogP contribution is 2.27. The summed E-state index contributed by atoms with van der Waals surface area (Å²) in [5.74, 6) is 0.704. The molecule has 0 N–H and O–H groups in total. The van der Waals surface area contributed by atoms with Gasteiger partial charge in [-0.2, -0.15) is 0 Å². The van der Waals surface area contributed by atoms with Crippen molar-refractivity contribution in [3.63, 3.8) is 0 Å². The smallest absolute Gasteiger partial charge is 0.227 e. The van der Waals surface area contributed by atoms with E-state index in [0.717, 1.165) is 30.0 Å². The Bertz CT molecular complexity index is 609. The molecule has 0 radical (unpaired) electrons. The minimum Gasteiger partial charge on any atom is -0.342 e. The number of thiol groups is 1. The maximum Gasteiger partial charge on any atom is 0.227 e. The number of amides is 1. The summed E-state index contributed by atoms with van der Waals surface area (Å²) >= 11 is 4.27. The molecule has 0 aliphatic carbocycles. The molecular weight excluding hydrogens is 278 g/mol. The molecule has 1 aliphatic rings. The number of hydrogen-bond donors (Lipinski definition) is 1. The van der Waals surface area contributed by atoms with Crippen LogP contribution >= 0.6 is 12.6 Å². The van der Waals surface area contributed by atoms with Gasteiger partial charge in [0.05, 0.1) is 6.42 Å². The lowest BCUT2D eigenvalue weighted by atomic mass is 9.99. The zero-order chi connectivity index (χ0) is 14.7. The Balaban J connectivity index is 1.61. The van der Waals surface area contributed by atoms with Gasteiger partial charge in [-0.1, -0.05) is 42.5 Å². The predicted molar refractivity (Wildman–Crippen MR) is 87.8 cm³/mol. The molecule has 1 unspecified atom stereocenters. The van der Waals surface area contributed by atoms with Crippen molar-refractivity contribution in [1.82, 2.24) is 4.90 Å². The van der Waals surface area contributed by atoms with Crippen molar-refractivity contribution in [3.8, 4) is 0 Å². The Kier molecular flexibility index (Phi) is 4.30. The Morgan fingerprint density at radius 1 is 1.10 bits per heavy atom. The molecule has 21 heavy (non-hydrogen) atoms. The number of likely N-dealkylation sites (tertiary alicyclic amines) is 1. The van der Waals surface area contributed by atoms with Gasteiger partial charge in [-0.05, 0) is 29.7 Å². The highest BCUT2D eigenvalue weighted by atomic mass is 32.1. The first kappa shape index (κ1) is 14.2. The van der Waals surface area contributed by atoms with Gasteiger partial charge in [0.2, 0.25) is 5.91 Å². The minimum atomic E-state index is 0.223. The molecule has 1 atom stereocenters. The molecule has 1 fully saturated rings. The van der Waals surface area contributed by atoms with E-state index in [9.17, 15) is 4.79 Å². The van der Waals surface area contributed by atoms with Gasteiger partial charge >= 0.3 is 0 Å². The molecule has 1 amide bonds. The van der Waals surface area contributed by atoms with E-state index in [0.29, 0.717) is 12.3 Å². The van der Waals surface area contributed by atoms with Crippen molar-refractivity contribution in [2.75, 3.05) is 13.1 Å². The van der Waals surface area contributed by atoms with Crippen LogP contribution in [-0.2, 0) is 11.2 Å². The van der Waals surface area contributed by atoms with Crippen molar-refractivity contribution in [2.24, 2.45) is 0 Å². The van der Waals surface area contributed by atoms with E-state index >= 15 is 0 Å². The molecule has 0 saturated carbocycles. The van der Waals surface area contributed by atoms with Crippen LogP contribution in [0.3, 0.4) is 0 Å². The fourth-order valence-electron chi connectivity index (χ4n) is 2.88. The van der Waals surface area contributed by atoms with Crippen molar-refractivity contribution >= 4 is 18.5 Å². The van der Waals surface area contributed by atoms with Crippen molar-refractivity contribution in [3.05, 3.63) is 65.7 Å². The summed E-state index contributed by atoms with van der Waals surface area (Å²) in [6, 6.07) is 18.3. The topological polar surface area (TPSA) is 20.3 Å². The second kappa shape index (κ2) is 6.35. The van der Waals surface area contributed by atoms with Gasteiger partial charge in [0.1, 0.15) is 0 Å². The van der Waals surface area contributed by atoms with E-state index in [2.05, 4.69) is 36.9 Å². The van der Waals surface area contributed by atoms with Crippen molar-refractivity contribution in [1.29, 1.82) is 0 Å². The van der Waals surface area contributed by atoms with E-state index in [1.54, 1.807) is 0 Å². The molecule has 3 rings (SSSR count). The first-order valence-electron chi connectivity index (χ1n) is 7.33. The number of hydrogen-bond acceptors (Lipinski definition) is 2. The van der Waals surface area contributed by atoms with E-state index in [4.69, 9.17) is 0 Å². The zero-order valence-corrected chi connectivity index (χ0v) is 12.8. The summed E-state index contributed by atoms with van der Waals surface area (Å²) in [7, 11) is 0. The molecule has 108 valence electrons. The molecule has 2 nitrogen and oxygen atoms in total. The van der Waals surface area contributed by atoms with Gasteiger partial charge in [0, 0.05) is 23.9 Å². The van der Waals surface area contributed by atoms with E-state index < -0.39 is 0 Å². The van der Waals surface area contributed by atoms with Crippen LogP contribution in [0, 0.1) is 0 Å². The average molecular weight is 297 g/mol. The molecular formula is C18H19NOS. The highest BCUT2D eigenvalue weighted by molar-refractivity contribution is 7.80. The number of nitrogens with zero attached hydrogens (tertiary/aromatic N) is 1. The van der Waals surface area contributed by atoms with Gasteiger partial charge in [-0.25, -0.2) is 0 Å². The normalized spacial score (nSPS) is 18.0. The maximum atomic E-state index is 12.4. The lowest BCUT2D eigenvalue weighted by Gasteiger charge is -2.17. The summed E-state index contributed by atoms with van der Waals surface area (Å²) in [5.41, 5.74) is 2.40. The van der Waals surface area contributed by atoms with Crippen LogP contribution in [0.2, 0.25) is 0 Å². The van der Waals surface area contributed by atoms with Gasteiger partial charge in [-0.3, -0.25) is 4.79 Å². The standard InChI is InChI=1S/C18H19NOS/c20-18(12-14-6-8-17(21)9-7-14)19-11-10-16(13-19)15-4-2-1-3-5-15/h1-9,16,21H,10-13H2. The Morgan fingerprint density at radius 3 is 2.52 bits per heavy atom. The second-order valence-electron chi connectivity index (χ2n) is 5.58. The third kappa shape index (κ3) is 3.48. The quantitative estimate of drug-likeness (QED) is 0.859. The average Bonchev–Trinajstić information content (AvgIpc) is 3.00. The summed E-state index contributed by atoms with van der Waals surface area (Å²) in [6.07, 6.45) is 1.54. The van der Waals surface area contributed by atoms with Crippen LogP contribution in [0.5, 0.6) is 0 Å². The van der Waals surface area contributed by atoms with Crippen LogP contribution in [0.1, 0.15) is 23.5 Å². The lowest BCUT2D eigenvalue weighted by Crippen LogP contribution is -2.29. The Morgan fingerprint density at radius 2 is 1.81 bits per heavy atom. The molecule has 1 aliphatic heterocycles. The van der Waals surface area contributed by atoms with Gasteiger partial charge in [-0.15, -0.1) is 12.6 Å². The summed E-state index contributed by atoms with van der Waals surface area (Å²) in [6.45, 7) is 1.70. The predicted octanol–water partition coefficient (Wildman–Crippen LogP) is 3.53. The molecule has 1 saturated heterocycles. The largest absolute Gasteiger partial charge is 0.342 e. The van der Waals surface area contributed by atoms with Gasteiger partial charge in [0.15, 0.2) is 0 Å². The zero-order valence-electron chi connectivity index (χ0n) is 11.9. The number of carbonyl (C=O) groups excluding carboxylic acids is 1. The second-order valence-corrected chi connectivity index (χ2v) is 6.10. The van der Waals surface area contributed by atoms with Crippen LogP contribution in [0.15, 0.2) is 59.5 Å². The van der Waals surface area contributed by atoms with Crippen LogP contribution in [0.25, 0.3) is 0 Å². The number of benzene rings is 2. The molecule has 1 heterocycles.